The number of anilines is 1. The molecule has 1 saturated heterocycles. The number of aromatic nitrogens is 3. The Morgan fingerprint density at radius 1 is 1.43 bits per heavy atom. The molecule has 2 atom stereocenters. The van der Waals surface area contributed by atoms with E-state index in [9.17, 15) is 0 Å². The maximum Gasteiger partial charge on any atom is 0.244 e. The van der Waals surface area contributed by atoms with Crippen molar-refractivity contribution in [1.29, 1.82) is 0 Å². The first-order valence-corrected chi connectivity index (χ1v) is 8.21. The Bertz CT molecular complexity index is 432. The van der Waals surface area contributed by atoms with E-state index in [1.807, 2.05) is 7.05 Å². The predicted octanol–water partition coefficient (Wildman–Crippen LogP) is 2.47. The van der Waals surface area contributed by atoms with E-state index >= 15 is 0 Å². The Morgan fingerprint density at radius 2 is 2.19 bits per heavy atom. The molecule has 0 aliphatic carbocycles. The fourth-order valence-corrected chi connectivity index (χ4v) is 2.82. The van der Waals surface area contributed by atoms with Gasteiger partial charge in [0, 0.05) is 19.5 Å². The highest BCUT2D eigenvalue weighted by Crippen LogP contribution is 2.28. The molecule has 1 fully saturated rings. The molecular formula is C16H31N5. The summed E-state index contributed by atoms with van der Waals surface area (Å²) < 4.78 is 0. The minimum absolute atomic E-state index is 0.302. The maximum absolute atomic E-state index is 4.72. The van der Waals surface area contributed by atoms with Crippen molar-refractivity contribution in [3.63, 3.8) is 0 Å². The molecule has 1 aliphatic rings. The third kappa shape index (κ3) is 4.43. The van der Waals surface area contributed by atoms with Crippen LogP contribution in [0.5, 0.6) is 0 Å². The fraction of sp³-hybridized carbons (Fsp3) is 0.875. The number of piperidine rings is 1. The number of aromatic amines is 1. The highest BCUT2D eigenvalue weighted by molar-refractivity contribution is 5.29. The van der Waals surface area contributed by atoms with E-state index in [1.165, 1.54) is 12.8 Å². The van der Waals surface area contributed by atoms with E-state index in [-0.39, 0.29) is 0 Å². The number of rotatable bonds is 5. The third-order valence-corrected chi connectivity index (χ3v) is 4.79. The molecule has 21 heavy (non-hydrogen) atoms. The smallest absolute Gasteiger partial charge is 0.244 e. The molecule has 2 N–H and O–H groups in total. The van der Waals surface area contributed by atoms with Crippen LogP contribution in [0.25, 0.3) is 0 Å². The van der Waals surface area contributed by atoms with E-state index in [0.717, 1.165) is 37.8 Å². The van der Waals surface area contributed by atoms with Crippen LogP contribution in [0.1, 0.15) is 46.4 Å². The Morgan fingerprint density at radius 3 is 2.86 bits per heavy atom. The zero-order valence-corrected chi connectivity index (χ0v) is 14.2. The van der Waals surface area contributed by atoms with Crippen LogP contribution in [-0.2, 0) is 6.42 Å². The van der Waals surface area contributed by atoms with E-state index in [2.05, 4.69) is 48.1 Å². The highest BCUT2D eigenvalue weighted by atomic mass is 15.4. The lowest BCUT2D eigenvalue weighted by Gasteiger charge is -2.31. The first-order valence-electron chi connectivity index (χ1n) is 8.21. The predicted molar refractivity (Wildman–Crippen MR) is 87.6 cm³/mol. The van der Waals surface area contributed by atoms with Gasteiger partial charge >= 0.3 is 0 Å². The zero-order valence-electron chi connectivity index (χ0n) is 14.2. The minimum Gasteiger partial charge on any atom is -0.339 e. The summed E-state index contributed by atoms with van der Waals surface area (Å²) in [5, 5.41) is 10.9. The van der Waals surface area contributed by atoms with Gasteiger partial charge in [-0.2, -0.15) is 4.98 Å². The first-order chi connectivity index (χ1) is 9.90. The van der Waals surface area contributed by atoms with Crippen molar-refractivity contribution in [3.05, 3.63) is 5.82 Å². The molecule has 2 unspecified atom stereocenters. The Labute approximate surface area is 128 Å². The zero-order chi connectivity index (χ0) is 15.5. The number of hydrogen-bond acceptors (Lipinski definition) is 4. The summed E-state index contributed by atoms with van der Waals surface area (Å²) in [6.45, 7) is 12.3. The lowest BCUT2D eigenvalue weighted by molar-refractivity contribution is 0.257. The number of hydrogen-bond donors (Lipinski definition) is 2. The average molecular weight is 293 g/mol. The van der Waals surface area contributed by atoms with Gasteiger partial charge in [-0.3, -0.25) is 5.10 Å². The van der Waals surface area contributed by atoms with Crippen LogP contribution in [0.4, 0.5) is 5.95 Å². The Hall–Kier alpha value is -1.10. The largest absolute Gasteiger partial charge is 0.339 e. The van der Waals surface area contributed by atoms with Gasteiger partial charge in [-0.25, -0.2) is 0 Å². The van der Waals surface area contributed by atoms with Gasteiger partial charge in [0.2, 0.25) is 5.95 Å². The summed E-state index contributed by atoms with van der Waals surface area (Å²) >= 11 is 0. The van der Waals surface area contributed by atoms with Gasteiger partial charge in [0.15, 0.2) is 0 Å². The SMILES string of the molecule is CNCC1CCCN(c2n[nH]c(CC(C)C(C)(C)C)n2)C1. The van der Waals surface area contributed by atoms with Crippen LogP contribution in [0.2, 0.25) is 0 Å². The number of H-pyrrole nitrogens is 1. The first kappa shape index (κ1) is 16.3. The lowest BCUT2D eigenvalue weighted by atomic mass is 9.80. The number of nitrogens with zero attached hydrogens (tertiary/aromatic N) is 3. The average Bonchev–Trinajstić information content (AvgIpc) is 2.87. The Balaban J connectivity index is 1.96. The second-order valence-corrected chi connectivity index (χ2v) is 7.57. The van der Waals surface area contributed by atoms with Gasteiger partial charge in [-0.1, -0.05) is 27.7 Å². The summed E-state index contributed by atoms with van der Waals surface area (Å²) in [4.78, 5) is 7.05. The summed E-state index contributed by atoms with van der Waals surface area (Å²) in [6, 6.07) is 0. The maximum atomic E-state index is 4.72. The summed E-state index contributed by atoms with van der Waals surface area (Å²) in [7, 11) is 2.03. The van der Waals surface area contributed by atoms with Crippen LogP contribution in [0.3, 0.4) is 0 Å². The molecule has 0 amide bonds. The summed E-state index contributed by atoms with van der Waals surface area (Å²) in [5.41, 5.74) is 0.302. The quantitative estimate of drug-likeness (QED) is 0.875. The van der Waals surface area contributed by atoms with Crippen molar-refractivity contribution >= 4 is 5.95 Å². The molecule has 2 heterocycles. The molecule has 0 aromatic carbocycles. The molecule has 5 nitrogen and oxygen atoms in total. The van der Waals surface area contributed by atoms with Crippen molar-refractivity contribution in [2.45, 2.75) is 47.0 Å². The lowest BCUT2D eigenvalue weighted by Crippen LogP contribution is -2.39. The molecule has 0 radical (unpaired) electrons. The number of nitrogens with one attached hydrogen (secondary N) is 2. The minimum atomic E-state index is 0.302. The van der Waals surface area contributed by atoms with Crippen LogP contribution >= 0.6 is 0 Å². The highest BCUT2D eigenvalue weighted by Gasteiger charge is 2.24. The molecule has 120 valence electrons. The van der Waals surface area contributed by atoms with Crippen molar-refractivity contribution in [3.8, 4) is 0 Å². The molecule has 0 bridgehead atoms. The second-order valence-electron chi connectivity index (χ2n) is 7.57. The van der Waals surface area contributed by atoms with E-state index in [1.54, 1.807) is 0 Å². The van der Waals surface area contributed by atoms with Gasteiger partial charge in [0.25, 0.3) is 0 Å². The van der Waals surface area contributed by atoms with E-state index < -0.39 is 0 Å². The topological polar surface area (TPSA) is 56.8 Å². The molecule has 0 spiro atoms. The van der Waals surface area contributed by atoms with Crippen LogP contribution < -0.4 is 10.2 Å². The van der Waals surface area contributed by atoms with Gasteiger partial charge in [0.05, 0.1) is 0 Å². The van der Waals surface area contributed by atoms with Crippen molar-refractivity contribution in [2.75, 3.05) is 31.6 Å². The fourth-order valence-electron chi connectivity index (χ4n) is 2.82. The van der Waals surface area contributed by atoms with Crippen molar-refractivity contribution in [1.82, 2.24) is 20.5 Å². The van der Waals surface area contributed by atoms with Crippen LogP contribution in [0.15, 0.2) is 0 Å². The molecular weight excluding hydrogens is 262 g/mol. The third-order valence-electron chi connectivity index (χ3n) is 4.79. The van der Waals surface area contributed by atoms with Gasteiger partial charge in [0.1, 0.15) is 5.82 Å². The van der Waals surface area contributed by atoms with E-state index in [0.29, 0.717) is 17.3 Å². The molecule has 1 aliphatic heterocycles. The molecule has 0 saturated carbocycles. The standard InChI is InChI=1S/C16H31N5/c1-12(16(2,3)4)9-14-18-15(20-19-14)21-8-6-7-13(11-21)10-17-5/h12-13,17H,6-11H2,1-5H3,(H,18,19,20). The summed E-state index contributed by atoms with van der Waals surface area (Å²) in [5.74, 6) is 3.19. The van der Waals surface area contributed by atoms with Gasteiger partial charge in [-0.15, -0.1) is 5.10 Å². The Kier molecular flexibility index (Phi) is 5.25. The second kappa shape index (κ2) is 6.77. The van der Waals surface area contributed by atoms with Crippen molar-refractivity contribution in [2.24, 2.45) is 17.3 Å². The normalized spacial score (nSPS) is 21.6. The molecule has 1 aromatic rings. The van der Waals surface area contributed by atoms with Gasteiger partial charge in [-0.05, 0) is 43.7 Å². The monoisotopic (exact) mass is 293 g/mol. The molecule has 1 aromatic heterocycles. The molecule has 2 rings (SSSR count). The van der Waals surface area contributed by atoms with E-state index in [4.69, 9.17) is 4.98 Å². The molecule has 5 heteroatoms. The summed E-state index contributed by atoms with van der Waals surface area (Å²) in [6.07, 6.45) is 3.49. The van der Waals surface area contributed by atoms with Gasteiger partial charge < -0.3 is 10.2 Å². The van der Waals surface area contributed by atoms with Crippen molar-refractivity contribution < 1.29 is 0 Å². The van der Waals surface area contributed by atoms with Crippen LogP contribution in [0, 0.1) is 17.3 Å². The van der Waals surface area contributed by atoms with Crippen LogP contribution in [-0.4, -0.2) is 41.9 Å².